The fourth-order valence-electron chi connectivity index (χ4n) is 10.3. The number of rotatable bonds is 8. The summed E-state index contributed by atoms with van der Waals surface area (Å²) in [7, 11) is 0. The van der Waals surface area contributed by atoms with Crippen LogP contribution in [0.15, 0.2) is 255 Å². The molecule has 0 radical (unpaired) electrons. The van der Waals surface area contributed by atoms with Gasteiger partial charge in [-0.2, -0.15) is 0 Å². The number of benzene rings is 9. The van der Waals surface area contributed by atoms with E-state index in [-0.39, 0.29) is 0 Å². The number of nitrogens with zero attached hydrogens (tertiary/aromatic N) is 4. The summed E-state index contributed by atoms with van der Waals surface area (Å²) in [5, 5.41) is 4.96. The quantitative estimate of drug-likeness (QED) is 0.153. The molecular formula is C64H42N4. The van der Waals surface area contributed by atoms with Gasteiger partial charge in [-0.1, -0.05) is 152 Å². The fourth-order valence-corrected chi connectivity index (χ4v) is 10.3. The summed E-state index contributed by atoms with van der Waals surface area (Å²) in [6.07, 6.45) is 7.55. The molecule has 318 valence electrons. The molecule has 0 spiro atoms. The van der Waals surface area contributed by atoms with Crippen LogP contribution in [0, 0.1) is 0 Å². The van der Waals surface area contributed by atoms with Crippen LogP contribution in [-0.4, -0.2) is 19.1 Å². The average molecular weight is 867 g/mol. The van der Waals surface area contributed by atoms with E-state index in [1.165, 1.54) is 43.6 Å². The Kier molecular flexibility index (Phi) is 9.47. The van der Waals surface area contributed by atoms with Gasteiger partial charge in [0.15, 0.2) is 0 Å². The Hall–Kier alpha value is -9.12. The third-order valence-corrected chi connectivity index (χ3v) is 13.5. The zero-order chi connectivity index (χ0) is 45.0. The van der Waals surface area contributed by atoms with Gasteiger partial charge >= 0.3 is 0 Å². The molecule has 0 atom stereocenters. The molecule has 4 heterocycles. The van der Waals surface area contributed by atoms with Gasteiger partial charge in [0.1, 0.15) is 0 Å². The van der Waals surface area contributed by atoms with Crippen LogP contribution >= 0.6 is 0 Å². The summed E-state index contributed by atoms with van der Waals surface area (Å²) in [6, 6.07) is 83.8. The first-order chi connectivity index (χ1) is 33.7. The Labute approximate surface area is 394 Å². The van der Waals surface area contributed by atoms with Gasteiger partial charge < -0.3 is 9.13 Å². The zero-order valence-electron chi connectivity index (χ0n) is 37.0. The molecule has 13 aromatic rings. The Morgan fingerprint density at radius 1 is 0.235 bits per heavy atom. The molecule has 0 unspecified atom stereocenters. The molecule has 0 aliphatic rings. The Morgan fingerprint density at radius 3 is 0.897 bits per heavy atom. The van der Waals surface area contributed by atoms with Crippen molar-refractivity contribution in [2.75, 3.05) is 0 Å². The highest BCUT2D eigenvalue weighted by molar-refractivity contribution is 6.11. The van der Waals surface area contributed by atoms with E-state index in [0.717, 1.165) is 78.1 Å². The van der Waals surface area contributed by atoms with E-state index >= 15 is 0 Å². The molecule has 68 heavy (non-hydrogen) atoms. The maximum absolute atomic E-state index is 4.47. The van der Waals surface area contributed by atoms with Gasteiger partial charge in [-0.25, -0.2) is 0 Å². The molecule has 0 N–H and O–H groups in total. The van der Waals surface area contributed by atoms with Crippen LogP contribution < -0.4 is 0 Å². The highest BCUT2D eigenvalue weighted by atomic mass is 15.0. The first-order valence-electron chi connectivity index (χ1n) is 23.1. The maximum Gasteiger partial charge on any atom is 0.0541 e. The second-order valence-corrected chi connectivity index (χ2v) is 17.4. The molecule has 0 amide bonds. The molecule has 0 saturated heterocycles. The van der Waals surface area contributed by atoms with Crippen molar-refractivity contribution in [2.24, 2.45) is 0 Å². The lowest BCUT2D eigenvalue weighted by Crippen LogP contribution is -1.98. The van der Waals surface area contributed by atoms with Gasteiger partial charge in [0.25, 0.3) is 0 Å². The van der Waals surface area contributed by atoms with Gasteiger partial charge in [-0.05, 0) is 123 Å². The number of hydrogen-bond donors (Lipinski definition) is 0. The lowest BCUT2D eigenvalue weighted by atomic mass is 9.92. The molecular weight excluding hydrogens is 825 g/mol. The lowest BCUT2D eigenvalue weighted by Gasteiger charge is -2.17. The first kappa shape index (κ1) is 39.3. The molecule has 9 aromatic carbocycles. The van der Waals surface area contributed by atoms with Crippen LogP contribution in [-0.2, 0) is 0 Å². The van der Waals surface area contributed by atoms with Crippen LogP contribution in [0.3, 0.4) is 0 Å². The Balaban J connectivity index is 0.934. The molecule has 4 aromatic heterocycles. The van der Waals surface area contributed by atoms with Crippen molar-refractivity contribution in [1.82, 2.24) is 19.1 Å². The largest absolute Gasteiger partial charge is 0.309 e. The molecule has 4 nitrogen and oxygen atoms in total. The lowest BCUT2D eigenvalue weighted by molar-refractivity contribution is 1.18. The van der Waals surface area contributed by atoms with Crippen molar-refractivity contribution < 1.29 is 0 Å². The van der Waals surface area contributed by atoms with E-state index in [2.05, 4.69) is 237 Å². The number of hydrogen-bond acceptors (Lipinski definition) is 2. The van der Waals surface area contributed by atoms with Crippen molar-refractivity contribution >= 4 is 43.6 Å². The van der Waals surface area contributed by atoms with Crippen molar-refractivity contribution in [3.63, 3.8) is 0 Å². The predicted octanol–water partition coefficient (Wildman–Crippen LogP) is 16.7. The molecule has 0 fully saturated rings. The second-order valence-electron chi connectivity index (χ2n) is 17.4. The van der Waals surface area contributed by atoms with Crippen LogP contribution in [0.4, 0.5) is 0 Å². The minimum atomic E-state index is 1.08. The van der Waals surface area contributed by atoms with Crippen LogP contribution in [0.5, 0.6) is 0 Å². The standard InChI is InChI=1S/C64H42N4/c1-5-26-59-53(22-1)54-23-2-6-27-60(54)67(59)63-32-30-47(51-20-12-34-65-41-51)39-57(63)49-18-10-16-45(37-49)43-14-9-15-44(36-43)46-17-11-19-50(38-46)58-40-48(52-21-13-35-66-42-52)31-33-64(58)68-61-28-7-3-24-55(61)56-25-4-8-29-62(56)68/h1-42H. The second kappa shape index (κ2) is 16.4. The fraction of sp³-hybridized carbons (Fsp3) is 0. The number of fused-ring (bicyclic) bond motifs is 6. The summed E-state index contributed by atoms with van der Waals surface area (Å²) in [5.41, 5.74) is 20.6. The maximum atomic E-state index is 4.47. The van der Waals surface area contributed by atoms with E-state index in [4.69, 9.17) is 0 Å². The van der Waals surface area contributed by atoms with Crippen molar-refractivity contribution in [1.29, 1.82) is 0 Å². The molecule has 13 rings (SSSR count). The van der Waals surface area contributed by atoms with Crippen molar-refractivity contribution in [3.05, 3.63) is 255 Å². The molecule has 4 heteroatoms. The first-order valence-corrected chi connectivity index (χ1v) is 23.1. The summed E-state index contributed by atoms with van der Waals surface area (Å²) >= 11 is 0. The van der Waals surface area contributed by atoms with Gasteiger partial charge in [0.2, 0.25) is 0 Å². The van der Waals surface area contributed by atoms with E-state index in [1.807, 2.05) is 36.9 Å². The third-order valence-electron chi connectivity index (χ3n) is 13.5. The summed E-state index contributed by atoms with van der Waals surface area (Å²) in [4.78, 5) is 8.95. The zero-order valence-corrected chi connectivity index (χ0v) is 37.0. The van der Waals surface area contributed by atoms with Gasteiger partial charge in [-0.3, -0.25) is 9.97 Å². The Morgan fingerprint density at radius 2 is 0.544 bits per heavy atom. The Bertz CT molecular complexity index is 3660. The summed E-state index contributed by atoms with van der Waals surface area (Å²) in [6.45, 7) is 0. The highest BCUT2D eigenvalue weighted by Gasteiger charge is 2.19. The van der Waals surface area contributed by atoms with Gasteiger partial charge in [0, 0.05) is 68.6 Å². The molecule has 0 aliphatic heterocycles. The summed E-state index contributed by atoms with van der Waals surface area (Å²) in [5.74, 6) is 0. The van der Waals surface area contributed by atoms with Gasteiger partial charge in [-0.15, -0.1) is 0 Å². The monoisotopic (exact) mass is 866 g/mol. The van der Waals surface area contributed by atoms with Crippen LogP contribution in [0.2, 0.25) is 0 Å². The predicted molar refractivity (Wildman–Crippen MR) is 283 cm³/mol. The smallest absolute Gasteiger partial charge is 0.0541 e. The number of aromatic nitrogens is 4. The normalized spacial score (nSPS) is 11.5. The van der Waals surface area contributed by atoms with Crippen LogP contribution in [0.1, 0.15) is 0 Å². The van der Waals surface area contributed by atoms with E-state index in [0.29, 0.717) is 0 Å². The van der Waals surface area contributed by atoms with Crippen molar-refractivity contribution in [3.8, 4) is 78.1 Å². The van der Waals surface area contributed by atoms with Crippen molar-refractivity contribution in [2.45, 2.75) is 0 Å². The molecule has 0 aliphatic carbocycles. The SMILES string of the molecule is c1cncc(-c2ccc(-n3c4ccccc4c4ccccc43)c(-c3cccc(-c4cccc(-c5cccc(-c6cc(-c7cccnc7)ccc6-n6c7ccccc7c7ccccc76)c5)c4)c3)c2)c1. The molecule has 0 bridgehead atoms. The summed E-state index contributed by atoms with van der Waals surface area (Å²) < 4.78 is 4.85. The third kappa shape index (κ3) is 6.69. The van der Waals surface area contributed by atoms with E-state index in [9.17, 15) is 0 Å². The molecule has 0 saturated carbocycles. The average Bonchev–Trinajstić information content (AvgIpc) is 3.94. The van der Waals surface area contributed by atoms with E-state index in [1.54, 1.807) is 0 Å². The number of para-hydroxylation sites is 4. The van der Waals surface area contributed by atoms with Crippen LogP contribution in [0.25, 0.3) is 122 Å². The minimum Gasteiger partial charge on any atom is -0.309 e. The minimum absolute atomic E-state index is 1.08. The topological polar surface area (TPSA) is 35.6 Å². The van der Waals surface area contributed by atoms with Gasteiger partial charge in [0.05, 0.1) is 33.4 Å². The highest BCUT2D eigenvalue weighted by Crippen LogP contribution is 2.42. The van der Waals surface area contributed by atoms with E-state index < -0.39 is 0 Å². The number of pyridine rings is 2.